The first-order valence-corrected chi connectivity index (χ1v) is 12.9. The molecule has 1 fully saturated rings. The lowest BCUT2D eigenvalue weighted by Gasteiger charge is -2.36. The van der Waals surface area contributed by atoms with E-state index in [1.807, 2.05) is 37.5 Å². The molecule has 190 valence electrons. The Kier molecular flexibility index (Phi) is 6.45. The minimum atomic E-state index is -0.582. The zero-order chi connectivity index (χ0) is 25.5. The zero-order valence-electron chi connectivity index (χ0n) is 21.3. The Hall–Kier alpha value is -3.06. The van der Waals surface area contributed by atoms with Crippen LogP contribution in [0.1, 0.15) is 69.0 Å². The molecule has 0 saturated heterocycles. The van der Waals surface area contributed by atoms with Crippen molar-refractivity contribution in [3.8, 4) is 11.4 Å². The molecule has 1 aromatic heterocycles. The number of nitrogens with zero attached hydrogens (tertiary/aromatic N) is 4. The molecule has 1 amide bonds. The van der Waals surface area contributed by atoms with Crippen molar-refractivity contribution in [1.82, 2.24) is 19.7 Å². The lowest BCUT2D eigenvalue weighted by Crippen LogP contribution is -2.36. The van der Waals surface area contributed by atoms with Crippen molar-refractivity contribution in [3.05, 3.63) is 71.3 Å². The third-order valence-electron chi connectivity index (χ3n) is 6.84. The standard InChI is InChI=1S/C28H33ClN4O3/c1-19-6-5-7-23(14-19)35-22-10-12-28(29,13-11-22)21-8-9-24-20(15-21)16-32(26(34)36-27(2,3)4)17-25-31-30-18-33(24)25/h5-9,14-15,18,22H,10-13,16-17H2,1-4H3. The van der Waals surface area contributed by atoms with Crippen LogP contribution in [0.2, 0.25) is 0 Å². The fraction of sp³-hybridized carbons (Fsp3) is 0.464. The van der Waals surface area contributed by atoms with Gasteiger partial charge in [-0.3, -0.25) is 9.47 Å². The summed E-state index contributed by atoms with van der Waals surface area (Å²) >= 11 is 7.25. The van der Waals surface area contributed by atoms with E-state index in [9.17, 15) is 4.79 Å². The van der Waals surface area contributed by atoms with Crippen molar-refractivity contribution in [3.63, 3.8) is 0 Å². The van der Waals surface area contributed by atoms with E-state index in [2.05, 4.69) is 47.5 Å². The number of benzene rings is 2. The number of ether oxygens (including phenoxy) is 2. The second-order valence-corrected chi connectivity index (χ2v) is 11.6. The van der Waals surface area contributed by atoms with E-state index in [1.165, 1.54) is 5.56 Å². The quantitative estimate of drug-likeness (QED) is 0.389. The van der Waals surface area contributed by atoms with Crippen LogP contribution in [0.15, 0.2) is 48.8 Å². The minimum absolute atomic E-state index is 0.154. The molecule has 2 aromatic carbocycles. The Balaban J connectivity index is 1.36. The van der Waals surface area contributed by atoms with Crippen LogP contribution in [0.5, 0.6) is 5.75 Å². The molecule has 1 aliphatic carbocycles. The van der Waals surface area contributed by atoms with Gasteiger partial charge in [-0.1, -0.05) is 24.3 Å². The van der Waals surface area contributed by atoms with Gasteiger partial charge < -0.3 is 9.47 Å². The van der Waals surface area contributed by atoms with Gasteiger partial charge >= 0.3 is 6.09 Å². The second-order valence-electron chi connectivity index (χ2n) is 10.9. The summed E-state index contributed by atoms with van der Waals surface area (Å²) in [6, 6.07) is 14.5. The summed E-state index contributed by atoms with van der Waals surface area (Å²) in [5.41, 5.74) is 3.63. The number of carbonyl (C=O) groups excluding carboxylic acids is 1. The Labute approximate surface area is 217 Å². The highest BCUT2D eigenvalue weighted by molar-refractivity contribution is 6.24. The summed E-state index contributed by atoms with van der Waals surface area (Å²) < 4.78 is 13.9. The lowest BCUT2D eigenvalue weighted by atomic mass is 9.81. The Morgan fingerprint density at radius 2 is 1.89 bits per heavy atom. The van der Waals surface area contributed by atoms with Crippen LogP contribution in [0, 0.1) is 6.92 Å². The molecule has 2 heterocycles. The van der Waals surface area contributed by atoms with Crippen molar-refractivity contribution in [2.75, 3.05) is 0 Å². The van der Waals surface area contributed by atoms with Gasteiger partial charge in [-0.2, -0.15) is 0 Å². The van der Waals surface area contributed by atoms with Crippen LogP contribution in [0.3, 0.4) is 0 Å². The maximum Gasteiger partial charge on any atom is 0.411 e. The summed E-state index contributed by atoms with van der Waals surface area (Å²) in [5, 5.41) is 8.32. The Bertz CT molecular complexity index is 1260. The average molecular weight is 509 g/mol. The Morgan fingerprint density at radius 3 is 2.61 bits per heavy atom. The molecule has 1 aliphatic heterocycles. The number of alkyl halides is 1. The zero-order valence-corrected chi connectivity index (χ0v) is 22.1. The van der Waals surface area contributed by atoms with Gasteiger partial charge in [-0.15, -0.1) is 21.8 Å². The van der Waals surface area contributed by atoms with Crippen LogP contribution in [0.4, 0.5) is 4.79 Å². The predicted octanol–water partition coefficient (Wildman–Crippen LogP) is 6.28. The fourth-order valence-corrected chi connectivity index (χ4v) is 5.35. The van der Waals surface area contributed by atoms with E-state index >= 15 is 0 Å². The van der Waals surface area contributed by atoms with Gasteiger partial charge in [-0.25, -0.2) is 4.79 Å². The molecule has 0 N–H and O–H groups in total. The number of amides is 1. The Morgan fingerprint density at radius 1 is 1.11 bits per heavy atom. The molecule has 0 atom stereocenters. The molecule has 2 aliphatic rings. The topological polar surface area (TPSA) is 69.5 Å². The van der Waals surface area contributed by atoms with E-state index in [0.717, 1.165) is 48.2 Å². The smallest absolute Gasteiger partial charge is 0.411 e. The highest BCUT2D eigenvalue weighted by Gasteiger charge is 2.37. The van der Waals surface area contributed by atoms with E-state index in [4.69, 9.17) is 21.1 Å². The van der Waals surface area contributed by atoms with E-state index in [0.29, 0.717) is 18.9 Å². The first kappa shape index (κ1) is 24.6. The predicted molar refractivity (Wildman–Crippen MR) is 138 cm³/mol. The first-order valence-electron chi connectivity index (χ1n) is 12.5. The number of fused-ring (bicyclic) bond motifs is 3. The molecule has 3 aromatic rings. The number of aryl methyl sites for hydroxylation is 1. The summed E-state index contributed by atoms with van der Waals surface area (Å²) in [6.07, 6.45) is 4.88. The molecule has 0 spiro atoms. The molecule has 0 unspecified atom stereocenters. The van der Waals surface area contributed by atoms with Crippen molar-refractivity contribution in [1.29, 1.82) is 0 Å². The number of carbonyl (C=O) groups is 1. The molecule has 7 nitrogen and oxygen atoms in total. The van der Waals surface area contributed by atoms with Crippen molar-refractivity contribution in [2.24, 2.45) is 0 Å². The molecule has 1 saturated carbocycles. The molecule has 8 heteroatoms. The minimum Gasteiger partial charge on any atom is -0.490 e. The number of aromatic nitrogens is 3. The molecule has 0 radical (unpaired) electrons. The highest BCUT2D eigenvalue weighted by atomic mass is 35.5. The van der Waals surface area contributed by atoms with Crippen LogP contribution in [-0.2, 0) is 22.7 Å². The molecular weight excluding hydrogens is 476 g/mol. The SMILES string of the molecule is Cc1cccc(OC2CCC(Cl)(c3ccc4c(c3)CN(C(=O)OC(C)(C)C)Cc3nncn3-4)CC2)c1. The van der Waals surface area contributed by atoms with Crippen molar-refractivity contribution < 1.29 is 14.3 Å². The molecular formula is C28H33ClN4O3. The third-order valence-corrected chi connectivity index (χ3v) is 7.43. The number of hydrogen-bond donors (Lipinski definition) is 0. The third kappa shape index (κ3) is 5.21. The largest absolute Gasteiger partial charge is 0.490 e. The second kappa shape index (κ2) is 9.43. The van der Waals surface area contributed by atoms with E-state index in [-0.39, 0.29) is 12.2 Å². The number of halogens is 1. The summed E-state index contributed by atoms with van der Waals surface area (Å²) in [6.45, 7) is 8.41. The van der Waals surface area contributed by atoms with Crippen LogP contribution >= 0.6 is 11.6 Å². The summed E-state index contributed by atoms with van der Waals surface area (Å²) in [4.78, 5) is 14.2. The van der Waals surface area contributed by atoms with Crippen LogP contribution < -0.4 is 4.74 Å². The molecule has 0 bridgehead atoms. The van der Waals surface area contributed by atoms with Gasteiger partial charge in [0.05, 0.1) is 29.8 Å². The van der Waals surface area contributed by atoms with E-state index in [1.54, 1.807) is 11.2 Å². The van der Waals surface area contributed by atoms with Gasteiger partial charge in [0.15, 0.2) is 5.82 Å². The van der Waals surface area contributed by atoms with Gasteiger partial charge in [0.25, 0.3) is 0 Å². The van der Waals surface area contributed by atoms with Crippen LogP contribution in [-0.4, -0.2) is 37.5 Å². The van der Waals surface area contributed by atoms with Gasteiger partial charge in [0, 0.05) is 0 Å². The number of hydrogen-bond acceptors (Lipinski definition) is 5. The average Bonchev–Trinajstić information content (AvgIpc) is 3.21. The number of rotatable bonds is 3. The summed E-state index contributed by atoms with van der Waals surface area (Å²) in [5.74, 6) is 1.61. The lowest BCUT2D eigenvalue weighted by molar-refractivity contribution is 0.0214. The van der Waals surface area contributed by atoms with Gasteiger partial charge in [0.1, 0.15) is 17.7 Å². The van der Waals surface area contributed by atoms with Crippen molar-refractivity contribution in [2.45, 2.75) is 83.0 Å². The summed E-state index contributed by atoms with van der Waals surface area (Å²) in [7, 11) is 0. The maximum absolute atomic E-state index is 13.0. The first-order chi connectivity index (χ1) is 17.1. The highest BCUT2D eigenvalue weighted by Crippen LogP contribution is 2.45. The maximum atomic E-state index is 13.0. The monoisotopic (exact) mass is 508 g/mol. The molecule has 36 heavy (non-hydrogen) atoms. The van der Waals surface area contributed by atoms with Gasteiger partial charge in [-0.05, 0) is 88.3 Å². The van der Waals surface area contributed by atoms with Crippen LogP contribution in [0.25, 0.3) is 5.69 Å². The van der Waals surface area contributed by atoms with Gasteiger partial charge in [0.2, 0.25) is 0 Å². The van der Waals surface area contributed by atoms with E-state index < -0.39 is 10.5 Å². The molecule has 5 rings (SSSR count). The van der Waals surface area contributed by atoms with Crippen molar-refractivity contribution >= 4 is 17.7 Å². The normalized spacial score (nSPS) is 21.8. The fourth-order valence-electron chi connectivity index (χ4n) is 5.02.